The third-order valence-electron chi connectivity index (χ3n) is 0.533. The number of rotatable bonds is 0. The molecule has 0 aliphatic carbocycles. The maximum atomic E-state index is 2.57. The van der Waals surface area contributed by atoms with Crippen molar-refractivity contribution < 1.29 is 0 Å². The fraction of sp³-hybridized carbons (Fsp3) is 0. The summed E-state index contributed by atoms with van der Waals surface area (Å²) < 4.78 is 0. The molecule has 2 aliphatic heterocycles. The first kappa shape index (κ1) is 10.5. The summed E-state index contributed by atoms with van der Waals surface area (Å²) in [6.07, 6.45) is 0. The molecule has 2 rings (SSSR count). The third kappa shape index (κ3) is 3.58. The molecule has 9 heteroatoms. The van der Waals surface area contributed by atoms with Crippen molar-refractivity contribution in [2.75, 3.05) is 0 Å². The van der Waals surface area contributed by atoms with E-state index in [0.717, 1.165) is 0 Å². The van der Waals surface area contributed by atoms with Crippen molar-refractivity contribution in [1.82, 2.24) is 0 Å². The van der Waals surface area contributed by atoms with Crippen LogP contribution in [-0.2, 0) is 0 Å². The van der Waals surface area contributed by atoms with E-state index in [-0.39, 0.29) is 0 Å². The second-order valence-corrected chi connectivity index (χ2v) is 91.1. The van der Waals surface area contributed by atoms with Crippen LogP contribution >= 0.6 is 29.7 Å². The van der Waals surface area contributed by atoms with Gasteiger partial charge in [0, 0.05) is 0 Å². The molecule has 0 nitrogen and oxygen atoms in total. The Bertz CT molecular complexity index is 85.1. The molecule has 0 spiro atoms. The van der Waals surface area contributed by atoms with Gasteiger partial charge in [0.15, 0.2) is 0 Å². The second-order valence-electron chi connectivity index (χ2n) is 1.00. The summed E-state index contributed by atoms with van der Waals surface area (Å²) in [5.74, 6) is 12.6. The minimum atomic E-state index is -0.546. The monoisotopic (exact) mass is 643 g/mol. The van der Waals surface area contributed by atoms with E-state index in [4.69, 9.17) is 0 Å². The summed E-state index contributed by atoms with van der Waals surface area (Å²) in [4.78, 5) is 0. The number of fused-ring (bicyclic) bond motifs is 2. The maximum absolute atomic E-state index is 2.57. The summed E-state index contributed by atoms with van der Waals surface area (Å²) in [6.45, 7) is 0. The molecule has 2 radical (unpaired) electrons. The first-order chi connectivity index (χ1) is 4.45. The zero-order valence-corrected chi connectivity index (χ0v) is 18.1. The molecule has 2 bridgehead atoms. The number of hydrogen-bond donors (Lipinski definition) is 0. The van der Waals surface area contributed by atoms with Crippen molar-refractivity contribution in [3.05, 3.63) is 0 Å². The topological polar surface area (TPSA) is 0 Å². The van der Waals surface area contributed by atoms with Crippen LogP contribution in [-0.4, -0.2) is 69.6 Å². The van der Waals surface area contributed by atoms with Gasteiger partial charge < -0.3 is 0 Å². The van der Waals surface area contributed by atoms with E-state index in [1.54, 1.807) is 0 Å². The Balaban J connectivity index is 1.96. The second kappa shape index (κ2) is 5.80. The van der Waals surface area contributed by atoms with Crippen LogP contribution in [0.25, 0.3) is 0 Å². The van der Waals surface area contributed by atoms with E-state index < -0.39 is 32.0 Å². The molecule has 2 aliphatic rings. The van der Waals surface area contributed by atoms with Crippen molar-refractivity contribution in [3.8, 4) is 0 Å². The van der Waals surface area contributed by atoms with Crippen molar-refractivity contribution in [2.45, 2.75) is 0 Å². The van der Waals surface area contributed by atoms with Gasteiger partial charge in [0.25, 0.3) is 0 Å². The SMILES string of the molecule is [S]1[Sb][S][Sb]2[S][Sb][S][Sb]1[S]2. The van der Waals surface area contributed by atoms with Crippen LogP contribution in [0.2, 0.25) is 0 Å². The molecule has 0 atom stereocenters. The molecule has 2 saturated heterocycles. The standard InChI is InChI=1S/5S.4Sb. The molecule has 0 N–H and O–H groups in total. The van der Waals surface area contributed by atoms with Crippen molar-refractivity contribution in [2.24, 2.45) is 0 Å². The molecule has 0 saturated carbocycles. The molecule has 0 aromatic carbocycles. The average Bonchev–Trinajstić information content (AvgIpc) is 1.88. The summed E-state index contributed by atoms with van der Waals surface area (Å²) in [5, 5.41) is 0. The average molecular weight is 647 g/mol. The summed E-state index contributed by atoms with van der Waals surface area (Å²) in [5.41, 5.74) is 0. The van der Waals surface area contributed by atoms with Crippen LogP contribution in [0.4, 0.5) is 0 Å². The fourth-order valence-electron chi connectivity index (χ4n) is 0.283. The summed E-state index contributed by atoms with van der Waals surface area (Å²) in [7, 11) is 0. The normalized spacial score (nSPS) is 30.7. The van der Waals surface area contributed by atoms with Gasteiger partial charge in [-0.05, 0) is 0 Å². The Morgan fingerprint density at radius 2 is 1.22 bits per heavy atom. The molecule has 2 heterocycles. The van der Waals surface area contributed by atoms with Gasteiger partial charge in [-0.25, -0.2) is 0 Å². The predicted octanol–water partition coefficient (Wildman–Crippen LogP) is 1.72. The molecule has 0 aromatic rings. The van der Waals surface area contributed by atoms with Crippen LogP contribution in [0, 0.1) is 0 Å². The summed E-state index contributed by atoms with van der Waals surface area (Å²) in [6, 6.07) is 0. The van der Waals surface area contributed by atoms with Gasteiger partial charge >= 0.3 is 99.3 Å². The van der Waals surface area contributed by atoms with Crippen molar-refractivity contribution in [1.29, 1.82) is 0 Å². The van der Waals surface area contributed by atoms with Gasteiger partial charge in [0.1, 0.15) is 0 Å². The van der Waals surface area contributed by atoms with E-state index >= 15 is 0 Å². The quantitative estimate of drug-likeness (QED) is 0.367. The fourth-order valence-corrected chi connectivity index (χ4v) is 522. The zero-order chi connectivity index (χ0) is 6.10. The minimum absolute atomic E-state index is 0.325. The predicted molar refractivity (Wildman–Crippen MR) is 61.0 cm³/mol. The number of hydrogen-bond acceptors (Lipinski definition) is 5. The molecule has 9 heavy (non-hydrogen) atoms. The van der Waals surface area contributed by atoms with Gasteiger partial charge in [0.05, 0.1) is 0 Å². The van der Waals surface area contributed by atoms with Gasteiger partial charge in [-0.15, -0.1) is 0 Å². The molecular weight excluding hydrogens is 647 g/mol. The molecule has 0 unspecified atom stereocenters. The van der Waals surface area contributed by atoms with E-state index in [9.17, 15) is 0 Å². The molecule has 50 valence electrons. The van der Waals surface area contributed by atoms with E-state index in [1.165, 1.54) is 0 Å². The Morgan fingerprint density at radius 3 is 1.56 bits per heavy atom. The van der Waals surface area contributed by atoms with Crippen LogP contribution in [0.15, 0.2) is 0 Å². The van der Waals surface area contributed by atoms with Gasteiger partial charge in [-0.1, -0.05) is 0 Å². The van der Waals surface area contributed by atoms with E-state index in [1.807, 2.05) is 0 Å². The Kier molecular flexibility index (Phi) is 6.79. The Labute approximate surface area is 95.7 Å². The van der Waals surface area contributed by atoms with Crippen LogP contribution in [0.3, 0.4) is 0 Å². The molecule has 0 aromatic heterocycles. The Morgan fingerprint density at radius 1 is 0.778 bits per heavy atom. The van der Waals surface area contributed by atoms with Crippen molar-refractivity contribution in [3.63, 3.8) is 0 Å². The van der Waals surface area contributed by atoms with Gasteiger partial charge in [-0.2, -0.15) is 0 Å². The van der Waals surface area contributed by atoms with Gasteiger partial charge in [0.2, 0.25) is 0 Å². The summed E-state index contributed by atoms with van der Waals surface area (Å²) >= 11 is -0.442. The van der Waals surface area contributed by atoms with E-state index in [2.05, 4.69) is 29.7 Å². The van der Waals surface area contributed by atoms with Crippen molar-refractivity contribution >= 4 is 99.3 Å². The first-order valence-corrected chi connectivity index (χ1v) is 36.7. The molecular formula is S5Sb4. The first-order valence-electron chi connectivity index (χ1n) is 1.83. The molecule has 2 fully saturated rings. The van der Waals surface area contributed by atoms with Crippen LogP contribution in [0.1, 0.15) is 0 Å². The van der Waals surface area contributed by atoms with Crippen LogP contribution in [0.5, 0.6) is 0 Å². The van der Waals surface area contributed by atoms with E-state index in [0.29, 0.717) is 37.6 Å². The zero-order valence-electron chi connectivity index (χ0n) is 3.83. The Hall–Kier alpha value is 5.02. The van der Waals surface area contributed by atoms with Gasteiger partial charge in [-0.3, -0.25) is 0 Å². The third-order valence-corrected chi connectivity index (χ3v) is 216. The molecule has 0 amide bonds. The van der Waals surface area contributed by atoms with Crippen LogP contribution < -0.4 is 0 Å².